The van der Waals surface area contributed by atoms with E-state index in [4.69, 9.17) is 5.11 Å². The lowest BCUT2D eigenvalue weighted by Crippen LogP contribution is -2.44. The normalized spacial score (nSPS) is 12.6. The molecule has 0 saturated heterocycles. The van der Waals surface area contributed by atoms with Gasteiger partial charge in [0.25, 0.3) is 5.91 Å². The highest BCUT2D eigenvalue weighted by Crippen LogP contribution is 2.19. The van der Waals surface area contributed by atoms with Gasteiger partial charge in [-0.25, -0.2) is 8.78 Å². The van der Waals surface area contributed by atoms with E-state index in [1.54, 1.807) is 5.32 Å². The molecule has 0 radical (unpaired) electrons. The molecule has 3 N–H and O–H groups in total. The molecule has 5 nitrogen and oxygen atoms in total. The molecule has 10 heteroatoms. The van der Waals surface area contributed by atoms with Gasteiger partial charge in [0.2, 0.25) is 5.91 Å². The first-order valence-corrected chi connectivity index (χ1v) is 5.85. The molecule has 0 aliphatic carbocycles. The smallest absolute Gasteiger partial charge is 0.382 e. The molecule has 1 aromatic rings. The summed E-state index contributed by atoms with van der Waals surface area (Å²) in [6, 6.07) is 2.00. The number of nitrogens with one attached hydrogen (secondary N) is 2. The summed E-state index contributed by atoms with van der Waals surface area (Å²) in [5.74, 6) is -3.98. The van der Waals surface area contributed by atoms with E-state index in [-0.39, 0.29) is 5.56 Å². The van der Waals surface area contributed by atoms with Crippen molar-refractivity contribution in [2.45, 2.75) is 12.3 Å². The van der Waals surface area contributed by atoms with Crippen LogP contribution in [0.3, 0.4) is 0 Å². The van der Waals surface area contributed by atoms with Crippen molar-refractivity contribution in [1.82, 2.24) is 10.6 Å². The monoisotopic (exact) mass is 326 g/mol. The van der Waals surface area contributed by atoms with Crippen molar-refractivity contribution in [1.29, 1.82) is 0 Å². The molecule has 1 aromatic carbocycles. The van der Waals surface area contributed by atoms with E-state index in [2.05, 4.69) is 0 Å². The second kappa shape index (κ2) is 7.16. The van der Waals surface area contributed by atoms with Gasteiger partial charge in [0, 0.05) is 11.6 Å². The van der Waals surface area contributed by atoms with E-state index in [0.717, 1.165) is 12.1 Å². The van der Waals surface area contributed by atoms with Crippen molar-refractivity contribution in [2.75, 3.05) is 13.1 Å². The Bertz CT molecular complexity index is 542. The summed E-state index contributed by atoms with van der Waals surface area (Å²) >= 11 is 0. The van der Waals surface area contributed by atoms with Gasteiger partial charge < -0.3 is 15.7 Å². The van der Waals surface area contributed by atoms with Crippen LogP contribution in [0.15, 0.2) is 18.2 Å². The average molecular weight is 326 g/mol. The Morgan fingerprint density at radius 1 is 1.09 bits per heavy atom. The standard InChI is InChI=1S/C12H11F5N2O3/c13-7-1-6(2-8(14)3-7)11(22)19-5-10(21)18-4-9(20)12(15,16)17/h1-3,9,20H,4-5H2,(H,18,21)(H,19,22). The van der Waals surface area contributed by atoms with Crippen molar-refractivity contribution >= 4 is 11.8 Å². The van der Waals surface area contributed by atoms with Crippen molar-refractivity contribution < 1.29 is 36.6 Å². The van der Waals surface area contributed by atoms with Crippen LogP contribution in [0, 0.1) is 11.6 Å². The van der Waals surface area contributed by atoms with Crippen LogP contribution >= 0.6 is 0 Å². The number of amides is 2. The van der Waals surface area contributed by atoms with Gasteiger partial charge in [-0.1, -0.05) is 0 Å². The van der Waals surface area contributed by atoms with E-state index in [0.29, 0.717) is 6.07 Å². The molecule has 0 bridgehead atoms. The molecule has 0 aromatic heterocycles. The van der Waals surface area contributed by atoms with Crippen LogP contribution in [0.4, 0.5) is 22.0 Å². The maximum atomic E-state index is 12.9. The zero-order valence-electron chi connectivity index (χ0n) is 10.9. The highest BCUT2D eigenvalue weighted by atomic mass is 19.4. The van der Waals surface area contributed by atoms with E-state index in [9.17, 15) is 31.5 Å². The van der Waals surface area contributed by atoms with Gasteiger partial charge in [0.15, 0.2) is 6.10 Å². The van der Waals surface area contributed by atoms with Gasteiger partial charge in [0.05, 0.1) is 13.1 Å². The van der Waals surface area contributed by atoms with Crippen LogP contribution in [0.5, 0.6) is 0 Å². The van der Waals surface area contributed by atoms with E-state index in [1.165, 1.54) is 0 Å². The number of aliphatic hydroxyl groups is 1. The predicted molar refractivity (Wildman–Crippen MR) is 63.8 cm³/mol. The molecule has 0 saturated carbocycles. The lowest BCUT2D eigenvalue weighted by molar-refractivity contribution is -0.201. The van der Waals surface area contributed by atoms with Gasteiger partial charge in [-0.2, -0.15) is 13.2 Å². The third kappa shape index (κ3) is 5.64. The summed E-state index contributed by atoms with van der Waals surface area (Å²) in [6.45, 7) is -1.80. The first-order valence-electron chi connectivity index (χ1n) is 5.85. The number of alkyl halides is 3. The third-order valence-electron chi connectivity index (χ3n) is 2.40. The SMILES string of the molecule is O=C(CNC(=O)c1cc(F)cc(F)c1)NCC(O)C(F)(F)F. The molecule has 0 spiro atoms. The summed E-state index contributed by atoms with van der Waals surface area (Å²) in [7, 11) is 0. The van der Waals surface area contributed by atoms with Crippen molar-refractivity contribution in [3.63, 3.8) is 0 Å². The van der Waals surface area contributed by atoms with Crippen LogP contribution in [-0.2, 0) is 4.79 Å². The first-order chi connectivity index (χ1) is 10.1. The van der Waals surface area contributed by atoms with Gasteiger partial charge in [-0.3, -0.25) is 9.59 Å². The van der Waals surface area contributed by atoms with Crippen molar-refractivity contribution in [3.05, 3.63) is 35.4 Å². The minimum absolute atomic E-state index is 0.388. The summed E-state index contributed by atoms with van der Waals surface area (Å²) in [6.07, 6.45) is -7.61. The summed E-state index contributed by atoms with van der Waals surface area (Å²) in [5.41, 5.74) is -0.388. The molecule has 122 valence electrons. The second-order valence-corrected chi connectivity index (χ2v) is 4.20. The first kappa shape index (κ1) is 17.8. The van der Waals surface area contributed by atoms with Gasteiger partial charge >= 0.3 is 6.18 Å². The Balaban J connectivity index is 2.45. The third-order valence-corrected chi connectivity index (χ3v) is 2.40. The van der Waals surface area contributed by atoms with Crippen LogP contribution in [0.2, 0.25) is 0 Å². The Kier molecular flexibility index (Phi) is 5.80. The van der Waals surface area contributed by atoms with Crippen LogP contribution < -0.4 is 10.6 Å². The fourth-order valence-electron chi connectivity index (χ4n) is 1.34. The average Bonchev–Trinajstić information content (AvgIpc) is 2.39. The van der Waals surface area contributed by atoms with Gasteiger partial charge in [-0.15, -0.1) is 0 Å². The molecule has 1 unspecified atom stereocenters. The summed E-state index contributed by atoms with van der Waals surface area (Å²) < 4.78 is 61.7. The minimum atomic E-state index is -4.88. The summed E-state index contributed by atoms with van der Waals surface area (Å²) in [4.78, 5) is 22.7. The Hall–Kier alpha value is -2.23. The molecular weight excluding hydrogens is 315 g/mol. The largest absolute Gasteiger partial charge is 0.416 e. The number of aliphatic hydroxyl groups excluding tert-OH is 1. The van der Waals surface area contributed by atoms with Gasteiger partial charge in [0.1, 0.15) is 11.6 Å². The molecule has 0 aliphatic heterocycles. The number of hydrogen-bond acceptors (Lipinski definition) is 3. The topological polar surface area (TPSA) is 78.4 Å². The molecule has 0 aliphatic rings. The zero-order chi connectivity index (χ0) is 16.9. The van der Waals surface area contributed by atoms with Crippen LogP contribution in [0.25, 0.3) is 0 Å². The lowest BCUT2D eigenvalue weighted by atomic mass is 10.2. The lowest BCUT2D eigenvalue weighted by Gasteiger charge is -2.15. The van der Waals surface area contributed by atoms with Crippen LogP contribution in [-0.4, -0.2) is 42.3 Å². The highest BCUT2D eigenvalue weighted by Gasteiger charge is 2.38. The number of carbonyl (C=O) groups excluding carboxylic acids is 2. The number of hydrogen-bond donors (Lipinski definition) is 3. The van der Waals surface area contributed by atoms with E-state index < -0.39 is 48.8 Å². The van der Waals surface area contributed by atoms with E-state index >= 15 is 0 Å². The molecule has 1 rings (SSSR count). The minimum Gasteiger partial charge on any atom is -0.382 e. The van der Waals surface area contributed by atoms with Crippen molar-refractivity contribution in [2.24, 2.45) is 0 Å². The molecule has 1 atom stereocenters. The van der Waals surface area contributed by atoms with Crippen LogP contribution in [0.1, 0.15) is 10.4 Å². The predicted octanol–water partition coefficient (Wildman–Crippen LogP) is 0.734. The second-order valence-electron chi connectivity index (χ2n) is 4.20. The number of benzene rings is 1. The zero-order valence-corrected chi connectivity index (χ0v) is 10.9. The van der Waals surface area contributed by atoms with Crippen molar-refractivity contribution in [3.8, 4) is 0 Å². The molecule has 0 heterocycles. The summed E-state index contributed by atoms with van der Waals surface area (Å²) in [5, 5.41) is 12.4. The Morgan fingerprint density at radius 2 is 1.64 bits per heavy atom. The number of carbonyl (C=O) groups is 2. The number of halogens is 5. The fraction of sp³-hybridized carbons (Fsp3) is 0.333. The Labute approximate surface area is 121 Å². The van der Waals surface area contributed by atoms with E-state index in [1.807, 2.05) is 5.32 Å². The molecule has 0 fully saturated rings. The quantitative estimate of drug-likeness (QED) is 0.698. The molecule has 22 heavy (non-hydrogen) atoms. The number of rotatable bonds is 5. The Morgan fingerprint density at radius 3 is 2.14 bits per heavy atom. The fourth-order valence-corrected chi connectivity index (χ4v) is 1.34. The van der Waals surface area contributed by atoms with Gasteiger partial charge in [-0.05, 0) is 12.1 Å². The maximum Gasteiger partial charge on any atom is 0.416 e. The maximum absolute atomic E-state index is 12.9. The highest BCUT2D eigenvalue weighted by molar-refractivity contribution is 5.96. The molecule has 2 amide bonds. The molecular formula is C12H11F5N2O3.